The maximum atomic E-state index is 14.1. The molecule has 0 saturated heterocycles. The summed E-state index contributed by atoms with van der Waals surface area (Å²) in [4.78, 5) is 11.3. The fourth-order valence-corrected chi connectivity index (χ4v) is 3.01. The van der Waals surface area contributed by atoms with Gasteiger partial charge >= 0.3 is 0 Å². The van der Waals surface area contributed by atoms with Crippen LogP contribution in [0.4, 0.5) is 8.78 Å². The number of halogens is 2. The molecule has 1 heterocycles. The van der Waals surface area contributed by atoms with Gasteiger partial charge < -0.3 is 9.73 Å². The molecule has 3 nitrogen and oxygen atoms in total. The number of nitrogens with one attached hydrogen (secondary N) is 1. The van der Waals surface area contributed by atoms with Crippen LogP contribution in [0.5, 0.6) is 0 Å². The molecule has 0 bridgehead atoms. The van der Waals surface area contributed by atoms with E-state index in [2.05, 4.69) is 5.32 Å². The van der Waals surface area contributed by atoms with Crippen LogP contribution in [0, 0.1) is 12.8 Å². The van der Waals surface area contributed by atoms with Gasteiger partial charge in [0.15, 0.2) is 0 Å². The van der Waals surface area contributed by atoms with Crippen molar-refractivity contribution in [3.05, 3.63) is 35.6 Å². The number of hydrogen-bond donors (Lipinski definition) is 1. The highest BCUT2D eigenvalue weighted by Crippen LogP contribution is 2.63. The van der Waals surface area contributed by atoms with E-state index in [0.29, 0.717) is 17.7 Å². The monoisotopic (exact) mass is 293 g/mol. The van der Waals surface area contributed by atoms with Gasteiger partial charge in [0.2, 0.25) is 5.91 Å². The Kier molecular flexibility index (Phi) is 3.23. The molecule has 1 amide bonds. The van der Waals surface area contributed by atoms with E-state index in [4.69, 9.17) is 4.42 Å². The van der Waals surface area contributed by atoms with Crippen molar-refractivity contribution in [2.75, 3.05) is 6.54 Å². The molecule has 1 saturated carbocycles. The topological polar surface area (TPSA) is 42.2 Å². The van der Waals surface area contributed by atoms with Crippen LogP contribution in [-0.4, -0.2) is 18.4 Å². The molecule has 2 unspecified atom stereocenters. The number of aryl methyl sites for hydroxylation is 1. The summed E-state index contributed by atoms with van der Waals surface area (Å²) in [6, 6.07) is 5.30. The van der Waals surface area contributed by atoms with Gasteiger partial charge in [-0.2, -0.15) is 0 Å². The second-order valence-electron chi connectivity index (χ2n) is 5.55. The molecule has 21 heavy (non-hydrogen) atoms. The molecule has 112 valence electrons. The van der Waals surface area contributed by atoms with Crippen LogP contribution in [0.3, 0.4) is 0 Å². The molecule has 0 aromatic carbocycles. The van der Waals surface area contributed by atoms with Gasteiger partial charge in [0, 0.05) is 18.5 Å². The molecule has 1 N–H and O–H groups in total. The fraction of sp³-hybridized carbons (Fsp3) is 0.438. The number of amides is 1. The Balaban J connectivity index is 1.86. The summed E-state index contributed by atoms with van der Waals surface area (Å²) in [7, 11) is 0. The molecular weight excluding hydrogens is 276 g/mol. The van der Waals surface area contributed by atoms with Gasteiger partial charge in [-0.25, -0.2) is 8.78 Å². The molecule has 2 atom stereocenters. The van der Waals surface area contributed by atoms with Gasteiger partial charge in [0.1, 0.15) is 5.76 Å². The minimum Gasteiger partial charge on any atom is -0.464 e. The summed E-state index contributed by atoms with van der Waals surface area (Å²) in [5.41, 5.74) is 2.20. The van der Waals surface area contributed by atoms with Gasteiger partial charge in [0.05, 0.1) is 18.1 Å². The number of fused-ring (bicyclic) bond motifs is 1. The first kappa shape index (κ1) is 14.0. The Morgan fingerprint density at radius 3 is 2.95 bits per heavy atom. The Bertz CT molecular complexity index is 650. The number of carbonyl (C=O) groups is 1. The Hall–Kier alpha value is -1.91. The van der Waals surface area contributed by atoms with Crippen LogP contribution in [0.2, 0.25) is 0 Å². The van der Waals surface area contributed by atoms with Gasteiger partial charge in [-0.05, 0) is 36.2 Å². The first-order chi connectivity index (χ1) is 9.96. The molecule has 0 aromatic heterocycles. The lowest BCUT2D eigenvalue weighted by Crippen LogP contribution is -2.26. The van der Waals surface area contributed by atoms with E-state index >= 15 is 0 Å². The van der Waals surface area contributed by atoms with Crippen molar-refractivity contribution in [3.8, 4) is 11.3 Å². The lowest BCUT2D eigenvalue weighted by atomic mass is 10.0. The van der Waals surface area contributed by atoms with E-state index in [1.165, 1.54) is 6.26 Å². The maximum Gasteiger partial charge on any atom is 0.260 e. The van der Waals surface area contributed by atoms with Crippen molar-refractivity contribution in [3.63, 3.8) is 0 Å². The van der Waals surface area contributed by atoms with Crippen LogP contribution in [-0.2, 0) is 4.79 Å². The van der Waals surface area contributed by atoms with Crippen molar-refractivity contribution in [1.82, 2.24) is 5.32 Å². The van der Waals surface area contributed by atoms with E-state index in [1.807, 2.05) is 6.92 Å². The van der Waals surface area contributed by atoms with Gasteiger partial charge in [0.25, 0.3) is 5.92 Å². The van der Waals surface area contributed by atoms with Crippen molar-refractivity contribution in [1.29, 1.82) is 0 Å². The number of rotatable bonds is 4. The Morgan fingerprint density at radius 1 is 1.48 bits per heavy atom. The highest BCUT2D eigenvalue weighted by molar-refractivity contribution is 5.76. The standard InChI is InChI=1S/C16H17F2NO2/c1-3-13(20)19-8-11-15(16(11,17)18)14-9(2)7-12-10(14)5-4-6-21-12/h4-7,11,15H,3,8H2,1-2H3,(H,19,20). The number of hydrogen-bond acceptors (Lipinski definition) is 2. The minimum absolute atomic E-state index is 0.0143. The smallest absolute Gasteiger partial charge is 0.260 e. The SMILES string of the molecule is CCC(=O)NCC1C(c2c(C)cc3occcc2-3)C1(F)F. The summed E-state index contributed by atoms with van der Waals surface area (Å²) in [5, 5.41) is 2.57. The Morgan fingerprint density at radius 2 is 2.24 bits per heavy atom. The van der Waals surface area contributed by atoms with Crippen LogP contribution in [0.15, 0.2) is 28.9 Å². The minimum atomic E-state index is -2.77. The van der Waals surface area contributed by atoms with Gasteiger partial charge in [-0.1, -0.05) is 6.92 Å². The highest BCUT2D eigenvalue weighted by Gasteiger charge is 2.69. The Labute approximate surface area is 121 Å². The molecule has 3 aliphatic rings. The van der Waals surface area contributed by atoms with Crippen LogP contribution in [0.1, 0.15) is 30.4 Å². The quantitative estimate of drug-likeness (QED) is 0.936. The van der Waals surface area contributed by atoms with E-state index < -0.39 is 17.8 Å². The number of alkyl halides is 2. The fourth-order valence-electron chi connectivity index (χ4n) is 3.01. The second-order valence-corrected chi connectivity index (χ2v) is 5.55. The largest absolute Gasteiger partial charge is 0.464 e. The molecular formula is C16H17F2NO2. The average Bonchev–Trinajstić information content (AvgIpc) is 2.83. The van der Waals surface area contributed by atoms with E-state index in [1.54, 1.807) is 25.1 Å². The summed E-state index contributed by atoms with van der Waals surface area (Å²) in [6.07, 6.45) is 1.84. The first-order valence-electron chi connectivity index (χ1n) is 7.08. The zero-order chi connectivity index (χ0) is 15.2. The maximum absolute atomic E-state index is 14.1. The second kappa shape index (κ2) is 4.83. The summed E-state index contributed by atoms with van der Waals surface area (Å²) < 4.78 is 33.6. The van der Waals surface area contributed by atoms with E-state index in [0.717, 1.165) is 11.1 Å². The zero-order valence-electron chi connectivity index (χ0n) is 12.0. The van der Waals surface area contributed by atoms with Crippen molar-refractivity contribution in [2.45, 2.75) is 32.1 Å². The third kappa shape index (κ3) is 2.20. The van der Waals surface area contributed by atoms with E-state index in [-0.39, 0.29) is 12.5 Å². The lowest BCUT2D eigenvalue weighted by molar-refractivity contribution is -0.120. The lowest BCUT2D eigenvalue weighted by Gasteiger charge is -2.04. The van der Waals surface area contributed by atoms with Gasteiger partial charge in [-0.3, -0.25) is 4.79 Å². The normalized spacial score (nSPS) is 23.2. The molecule has 5 heteroatoms. The zero-order valence-corrected chi connectivity index (χ0v) is 12.0. The van der Waals surface area contributed by atoms with E-state index in [9.17, 15) is 13.6 Å². The molecule has 1 aliphatic heterocycles. The third-order valence-corrected chi connectivity index (χ3v) is 4.22. The molecule has 1 fully saturated rings. The van der Waals surface area contributed by atoms with Crippen molar-refractivity contribution in [2.24, 2.45) is 5.92 Å². The van der Waals surface area contributed by atoms with Crippen LogP contribution >= 0.6 is 0 Å². The van der Waals surface area contributed by atoms with Gasteiger partial charge in [-0.15, -0.1) is 0 Å². The molecule has 2 aliphatic carbocycles. The highest BCUT2D eigenvalue weighted by atomic mass is 19.3. The molecule has 0 aromatic rings. The summed E-state index contributed by atoms with van der Waals surface area (Å²) >= 11 is 0. The van der Waals surface area contributed by atoms with Crippen molar-refractivity contribution >= 4 is 5.91 Å². The number of carbonyl (C=O) groups excluding carboxylic acids is 1. The predicted octanol–water partition coefficient (Wildman–Crippen LogP) is 3.57. The van der Waals surface area contributed by atoms with Crippen LogP contribution in [0.25, 0.3) is 11.3 Å². The third-order valence-electron chi connectivity index (χ3n) is 4.22. The molecule has 3 rings (SSSR count). The van der Waals surface area contributed by atoms with Crippen molar-refractivity contribution < 1.29 is 18.0 Å². The van der Waals surface area contributed by atoms with Crippen LogP contribution < -0.4 is 5.32 Å². The first-order valence-corrected chi connectivity index (χ1v) is 7.08. The summed E-state index contributed by atoms with van der Waals surface area (Å²) in [6.45, 7) is 3.54. The average molecular weight is 293 g/mol. The summed E-state index contributed by atoms with van der Waals surface area (Å²) in [5.74, 6) is -4.02. The predicted molar refractivity (Wildman–Crippen MR) is 74.5 cm³/mol. The molecule has 0 radical (unpaired) electrons. The molecule has 0 spiro atoms.